The molecule has 0 unspecified atom stereocenters. The first-order valence-electron chi connectivity index (χ1n) is 9.64. The molecule has 168 valence electrons. The van der Waals surface area contributed by atoms with Crippen molar-refractivity contribution in [3.05, 3.63) is 75.3 Å². The predicted octanol–water partition coefficient (Wildman–Crippen LogP) is 4.64. The molecule has 0 aliphatic rings. The lowest BCUT2D eigenvalue weighted by atomic mass is 10.2. The zero-order valence-corrected chi connectivity index (χ0v) is 20.9. The number of fused-ring (bicyclic) bond motifs is 1. The molecule has 3 heterocycles. The van der Waals surface area contributed by atoms with Crippen LogP contribution in [0.5, 0.6) is 0 Å². The Kier molecular flexibility index (Phi) is 7.05. The number of amides is 1. The molecular weight excluding hydrogens is 577 g/mol. The predicted molar refractivity (Wildman–Crippen MR) is 137 cm³/mol. The number of nitrogens with zero attached hydrogens (tertiary/aromatic N) is 4. The molecule has 4 aromatic rings. The fourth-order valence-corrected chi connectivity index (χ4v) is 5.44. The Bertz CT molecular complexity index is 1340. The standard InChI is InChI=1S/C22H17ClIN5O3S/c1-25-22(32)14-4-6-26-20(9-14)28-7-5-13-8-15(2-3-17(13)28)29(12-21(30)31)33-16-10-18(23)27-19(24)11-16/h2-11H,12H2,1H3,(H,25,32)(H,30,31). The third-order valence-electron chi connectivity index (χ3n) is 4.67. The van der Waals surface area contributed by atoms with Crippen LogP contribution in [-0.2, 0) is 4.79 Å². The Morgan fingerprint density at radius 1 is 1.21 bits per heavy atom. The smallest absolute Gasteiger partial charge is 0.324 e. The van der Waals surface area contributed by atoms with E-state index in [4.69, 9.17) is 11.6 Å². The number of carbonyl (C=O) groups is 2. The van der Waals surface area contributed by atoms with Gasteiger partial charge in [-0.2, -0.15) is 0 Å². The zero-order valence-electron chi connectivity index (χ0n) is 17.2. The van der Waals surface area contributed by atoms with Crippen molar-refractivity contribution in [2.75, 3.05) is 17.9 Å². The molecule has 0 saturated heterocycles. The average molecular weight is 594 g/mol. The molecule has 33 heavy (non-hydrogen) atoms. The Morgan fingerprint density at radius 3 is 2.76 bits per heavy atom. The molecular formula is C22H17ClIN5O3S. The topological polar surface area (TPSA) is 100 Å². The number of rotatable bonds is 7. The number of pyridine rings is 2. The first kappa shape index (κ1) is 23.3. The van der Waals surface area contributed by atoms with Crippen LogP contribution in [0.2, 0.25) is 5.15 Å². The third-order valence-corrected chi connectivity index (χ3v) is 6.43. The number of hydrogen-bond acceptors (Lipinski definition) is 6. The minimum Gasteiger partial charge on any atom is -0.480 e. The van der Waals surface area contributed by atoms with Gasteiger partial charge in [-0.05, 0) is 83.1 Å². The number of aliphatic carboxylic acids is 1. The van der Waals surface area contributed by atoms with Gasteiger partial charge in [0.15, 0.2) is 0 Å². The SMILES string of the molecule is CNC(=O)c1ccnc(-n2ccc3cc(N(CC(=O)O)Sc4cc(Cl)nc(I)c4)ccc32)c1. The number of nitrogens with one attached hydrogen (secondary N) is 1. The van der Waals surface area contributed by atoms with Crippen molar-refractivity contribution in [1.29, 1.82) is 0 Å². The van der Waals surface area contributed by atoms with Crippen LogP contribution in [0.1, 0.15) is 10.4 Å². The second kappa shape index (κ2) is 9.98. The average Bonchev–Trinajstić information content (AvgIpc) is 3.20. The van der Waals surface area contributed by atoms with E-state index in [1.165, 1.54) is 11.9 Å². The van der Waals surface area contributed by atoms with E-state index in [0.717, 1.165) is 25.2 Å². The van der Waals surface area contributed by atoms with Gasteiger partial charge in [-0.25, -0.2) is 9.97 Å². The summed E-state index contributed by atoms with van der Waals surface area (Å²) in [5.41, 5.74) is 2.11. The summed E-state index contributed by atoms with van der Waals surface area (Å²) < 4.78 is 4.29. The summed E-state index contributed by atoms with van der Waals surface area (Å²) in [7, 11) is 1.58. The lowest BCUT2D eigenvalue weighted by molar-refractivity contribution is -0.135. The largest absolute Gasteiger partial charge is 0.480 e. The number of halogens is 2. The lowest BCUT2D eigenvalue weighted by Crippen LogP contribution is -2.22. The van der Waals surface area contributed by atoms with Crippen molar-refractivity contribution in [1.82, 2.24) is 19.9 Å². The van der Waals surface area contributed by atoms with Gasteiger partial charge in [0.25, 0.3) is 5.91 Å². The number of carboxylic acids is 1. The summed E-state index contributed by atoms with van der Waals surface area (Å²) in [5, 5.41) is 13.3. The van der Waals surface area contributed by atoms with E-state index in [-0.39, 0.29) is 12.5 Å². The molecule has 0 bridgehead atoms. The normalized spacial score (nSPS) is 10.9. The summed E-state index contributed by atoms with van der Waals surface area (Å²) in [6, 6.07) is 14.5. The fourth-order valence-electron chi connectivity index (χ4n) is 3.24. The van der Waals surface area contributed by atoms with E-state index in [1.807, 2.05) is 41.1 Å². The van der Waals surface area contributed by atoms with Crippen LogP contribution in [0.4, 0.5) is 5.69 Å². The maximum Gasteiger partial charge on any atom is 0.324 e. The van der Waals surface area contributed by atoms with E-state index in [0.29, 0.717) is 16.5 Å². The molecule has 0 radical (unpaired) electrons. The highest BCUT2D eigenvalue weighted by Gasteiger charge is 2.16. The molecule has 0 atom stereocenters. The molecule has 0 fully saturated rings. The highest BCUT2D eigenvalue weighted by molar-refractivity contribution is 14.1. The summed E-state index contributed by atoms with van der Waals surface area (Å²) in [6.45, 7) is -0.205. The van der Waals surface area contributed by atoms with Gasteiger partial charge in [0.05, 0.1) is 5.52 Å². The Labute approximate surface area is 212 Å². The van der Waals surface area contributed by atoms with Crippen LogP contribution in [0.3, 0.4) is 0 Å². The molecule has 1 aromatic carbocycles. The van der Waals surface area contributed by atoms with Gasteiger partial charge in [-0.15, -0.1) is 0 Å². The third kappa shape index (κ3) is 5.40. The van der Waals surface area contributed by atoms with Crippen molar-refractivity contribution in [2.24, 2.45) is 0 Å². The quantitative estimate of drug-likeness (QED) is 0.183. The second-order valence-corrected chi connectivity index (χ2v) is 9.47. The molecule has 0 aliphatic carbocycles. The van der Waals surface area contributed by atoms with Crippen molar-refractivity contribution in [3.8, 4) is 5.82 Å². The minimum atomic E-state index is -0.953. The van der Waals surface area contributed by atoms with Gasteiger partial charge in [0.1, 0.15) is 21.2 Å². The van der Waals surface area contributed by atoms with Gasteiger partial charge >= 0.3 is 5.97 Å². The first-order valence-corrected chi connectivity index (χ1v) is 11.9. The molecule has 2 N–H and O–H groups in total. The van der Waals surface area contributed by atoms with Gasteiger partial charge in [-0.3, -0.25) is 9.59 Å². The van der Waals surface area contributed by atoms with Gasteiger partial charge in [-0.1, -0.05) is 11.6 Å². The van der Waals surface area contributed by atoms with Crippen molar-refractivity contribution < 1.29 is 14.7 Å². The first-order chi connectivity index (χ1) is 15.8. The van der Waals surface area contributed by atoms with Crippen LogP contribution in [-0.4, -0.2) is 45.1 Å². The number of carboxylic acid groups (broad SMARTS) is 1. The Hall–Kier alpha value is -2.83. The maximum absolute atomic E-state index is 12.0. The fraction of sp³-hybridized carbons (Fsp3) is 0.0909. The van der Waals surface area contributed by atoms with Crippen LogP contribution >= 0.6 is 46.1 Å². The summed E-state index contributed by atoms with van der Waals surface area (Å²) in [5.74, 6) is -0.536. The van der Waals surface area contributed by atoms with Crippen LogP contribution in [0.15, 0.2) is 65.8 Å². The zero-order chi connectivity index (χ0) is 23.5. The Morgan fingerprint density at radius 2 is 2.03 bits per heavy atom. The monoisotopic (exact) mass is 593 g/mol. The van der Waals surface area contributed by atoms with Crippen molar-refractivity contribution in [2.45, 2.75) is 4.90 Å². The number of hydrogen-bond donors (Lipinski definition) is 2. The number of carbonyl (C=O) groups excluding carboxylic acids is 1. The van der Waals surface area contributed by atoms with E-state index in [9.17, 15) is 14.7 Å². The van der Waals surface area contributed by atoms with E-state index < -0.39 is 5.97 Å². The Balaban J connectivity index is 1.69. The molecule has 0 spiro atoms. The number of anilines is 1. The van der Waals surface area contributed by atoms with Crippen molar-refractivity contribution >= 4 is 74.6 Å². The van der Waals surface area contributed by atoms with Crippen LogP contribution in [0.25, 0.3) is 16.7 Å². The molecule has 8 nitrogen and oxygen atoms in total. The van der Waals surface area contributed by atoms with Crippen LogP contribution in [0, 0.1) is 3.70 Å². The van der Waals surface area contributed by atoms with Crippen LogP contribution < -0.4 is 9.62 Å². The molecule has 0 aliphatic heterocycles. The van der Waals surface area contributed by atoms with Gasteiger partial charge in [0.2, 0.25) is 0 Å². The second-order valence-electron chi connectivity index (χ2n) is 6.88. The molecule has 1 amide bonds. The molecule has 3 aromatic heterocycles. The van der Waals surface area contributed by atoms with Crippen molar-refractivity contribution in [3.63, 3.8) is 0 Å². The molecule has 0 saturated carbocycles. The summed E-state index contributed by atoms with van der Waals surface area (Å²) >= 11 is 9.41. The highest BCUT2D eigenvalue weighted by atomic mass is 127. The summed E-state index contributed by atoms with van der Waals surface area (Å²) in [6.07, 6.45) is 3.46. The van der Waals surface area contributed by atoms with E-state index in [2.05, 4.69) is 37.9 Å². The minimum absolute atomic E-state index is 0.190. The van der Waals surface area contributed by atoms with Gasteiger partial charge in [0, 0.05) is 41.0 Å². The van der Waals surface area contributed by atoms with E-state index >= 15 is 0 Å². The number of aromatic nitrogens is 3. The highest BCUT2D eigenvalue weighted by Crippen LogP contribution is 2.33. The van der Waals surface area contributed by atoms with E-state index in [1.54, 1.807) is 35.7 Å². The molecule has 4 rings (SSSR count). The summed E-state index contributed by atoms with van der Waals surface area (Å²) in [4.78, 5) is 32.8. The number of benzene rings is 1. The van der Waals surface area contributed by atoms with Gasteiger partial charge < -0.3 is 19.3 Å². The molecule has 11 heteroatoms. The lowest BCUT2D eigenvalue weighted by Gasteiger charge is -2.22. The maximum atomic E-state index is 12.0.